The first-order valence-corrected chi connectivity index (χ1v) is 10.5. The van der Waals surface area contributed by atoms with Gasteiger partial charge in [0.2, 0.25) is 0 Å². The van der Waals surface area contributed by atoms with E-state index in [1.807, 2.05) is 41.2 Å². The average Bonchev–Trinajstić information content (AvgIpc) is 3.30. The second kappa shape index (κ2) is 7.83. The molecule has 4 heterocycles. The van der Waals surface area contributed by atoms with Gasteiger partial charge in [0.1, 0.15) is 11.6 Å². The van der Waals surface area contributed by atoms with Gasteiger partial charge >= 0.3 is 0 Å². The summed E-state index contributed by atoms with van der Waals surface area (Å²) in [5.74, 6) is 2.97. The molecule has 0 N–H and O–H groups in total. The number of rotatable bonds is 4. The third kappa shape index (κ3) is 3.58. The van der Waals surface area contributed by atoms with Gasteiger partial charge in [-0.2, -0.15) is 0 Å². The minimum absolute atomic E-state index is 0.538. The van der Waals surface area contributed by atoms with Crippen molar-refractivity contribution in [2.45, 2.75) is 57.5 Å². The highest BCUT2D eigenvalue weighted by atomic mass is 15.4. The summed E-state index contributed by atoms with van der Waals surface area (Å²) in [7, 11) is 0. The Balaban J connectivity index is 1.20. The van der Waals surface area contributed by atoms with E-state index in [4.69, 9.17) is 0 Å². The molecule has 2 aliphatic heterocycles. The molecule has 0 radical (unpaired) electrons. The predicted octanol–water partition coefficient (Wildman–Crippen LogP) is 2.96. The molecule has 2 aliphatic rings. The van der Waals surface area contributed by atoms with Gasteiger partial charge in [-0.15, -0.1) is 15.3 Å². The smallest absolute Gasteiger partial charge is 0.136 e. The highest BCUT2D eigenvalue weighted by Gasteiger charge is 2.27. The first kappa shape index (κ1) is 17.6. The average molecular weight is 377 g/mol. The molecule has 1 saturated heterocycles. The largest absolute Gasteiger partial charge is 0.315 e. The number of nitrogens with zero attached hydrogens (tertiary/aromatic N) is 7. The third-order valence-corrected chi connectivity index (χ3v) is 6.04. The molecule has 5 rings (SSSR count). The van der Waals surface area contributed by atoms with Crippen LogP contribution in [0.4, 0.5) is 0 Å². The van der Waals surface area contributed by atoms with E-state index in [-0.39, 0.29) is 0 Å². The van der Waals surface area contributed by atoms with E-state index in [9.17, 15) is 0 Å². The summed E-state index contributed by atoms with van der Waals surface area (Å²) in [6.45, 7) is 4.11. The van der Waals surface area contributed by atoms with Crippen LogP contribution in [0, 0.1) is 0 Å². The number of benzene rings is 1. The summed E-state index contributed by atoms with van der Waals surface area (Å²) < 4.78 is 4.27. The van der Waals surface area contributed by atoms with Crippen LogP contribution in [0.3, 0.4) is 0 Å². The van der Waals surface area contributed by atoms with Gasteiger partial charge in [0.05, 0.1) is 17.6 Å². The van der Waals surface area contributed by atoms with Crippen molar-refractivity contribution in [1.29, 1.82) is 0 Å². The van der Waals surface area contributed by atoms with Crippen molar-refractivity contribution >= 4 is 0 Å². The van der Waals surface area contributed by atoms with Crippen LogP contribution in [0.2, 0.25) is 0 Å². The molecule has 0 atom stereocenters. The van der Waals surface area contributed by atoms with Gasteiger partial charge in [-0.05, 0) is 50.9 Å². The fraction of sp³-hybridized carbons (Fsp3) is 0.524. The lowest BCUT2D eigenvalue weighted by Crippen LogP contribution is -2.33. The molecule has 0 spiro atoms. The van der Waals surface area contributed by atoms with Crippen molar-refractivity contribution in [3.8, 4) is 5.69 Å². The summed E-state index contributed by atoms with van der Waals surface area (Å²) in [5, 5.41) is 17.7. The van der Waals surface area contributed by atoms with Crippen LogP contribution >= 0.6 is 0 Å². The molecule has 0 aliphatic carbocycles. The van der Waals surface area contributed by atoms with E-state index in [0.29, 0.717) is 5.92 Å². The monoisotopic (exact) mass is 377 g/mol. The number of aryl methyl sites for hydroxylation is 1. The first-order chi connectivity index (χ1) is 13.9. The lowest BCUT2D eigenvalue weighted by Gasteiger charge is -2.31. The van der Waals surface area contributed by atoms with E-state index in [1.54, 1.807) is 0 Å². The molecule has 28 heavy (non-hydrogen) atoms. The van der Waals surface area contributed by atoms with Gasteiger partial charge in [0, 0.05) is 25.4 Å². The maximum Gasteiger partial charge on any atom is 0.136 e. The van der Waals surface area contributed by atoms with Gasteiger partial charge in [-0.25, -0.2) is 4.68 Å². The van der Waals surface area contributed by atoms with Crippen molar-refractivity contribution < 1.29 is 0 Å². The highest BCUT2D eigenvalue weighted by Crippen LogP contribution is 2.29. The zero-order chi connectivity index (χ0) is 18.8. The zero-order valence-corrected chi connectivity index (χ0v) is 16.2. The molecule has 1 fully saturated rings. The van der Waals surface area contributed by atoms with Gasteiger partial charge in [0.25, 0.3) is 0 Å². The van der Waals surface area contributed by atoms with Crippen molar-refractivity contribution in [1.82, 2.24) is 34.7 Å². The van der Waals surface area contributed by atoms with Crippen LogP contribution in [0.15, 0.2) is 36.5 Å². The van der Waals surface area contributed by atoms with Crippen molar-refractivity contribution in [3.05, 3.63) is 53.9 Å². The molecule has 0 bridgehead atoms. The van der Waals surface area contributed by atoms with E-state index in [0.717, 1.165) is 56.8 Å². The highest BCUT2D eigenvalue weighted by molar-refractivity contribution is 5.29. The number of likely N-dealkylation sites (tertiary alicyclic amines) is 1. The Kier molecular flexibility index (Phi) is 4.91. The molecule has 3 aromatic rings. The quantitative estimate of drug-likeness (QED) is 0.699. The fourth-order valence-electron chi connectivity index (χ4n) is 4.47. The molecule has 7 nitrogen and oxygen atoms in total. The van der Waals surface area contributed by atoms with Crippen LogP contribution in [-0.4, -0.2) is 47.7 Å². The maximum absolute atomic E-state index is 4.58. The number of piperidine rings is 1. The number of hydrogen-bond donors (Lipinski definition) is 0. The number of hydrogen-bond acceptors (Lipinski definition) is 5. The van der Waals surface area contributed by atoms with Gasteiger partial charge < -0.3 is 4.57 Å². The molecule has 0 amide bonds. The van der Waals surface area contributed by atoms with Gasteiger partial charge in [-0.3, -0.25) is 4.90 Å². The lowest BCUT2D eigenvalue weighted by atomic mass is 9.95. The Morgan fingerprint density at radius 2 is 1.75 bits per heavy atom. The van der Waals surface area contributed by atoms with Crippen LogP contribution in [-0.2, 0) is 19.5 Å². The number of aromatic nitrogens is 6. The summed E-state index contributed by atoms with van der Waals surface area (Å²) in [5.41, 5.74) is 2.08. The van der Waals surface area contributed by atoms with Crippen molar-refractivity contribution in [2.75, 3.05) is 13.1 Å². The molecule has 1 aromatic carbocycles. The zero-order valence-electron chi connectivity index (χ0n) is 16.2. The Morgan fingerprint density at radius 1 is 0.893 bits per heavy atom. The normalized spacial score (nSPS) is 18.7. The predicted molar refractivity (Wildman–Crippen MR) is 106 cm³/mol. The molecule has 7 heteroatoms. The van der Waals surface area contributed by atoms with Crippen LogP contribution in [0.25, 0.3) is 5.69 Å². The lowest BCUT2D eigenvalue weighted by molar-refractivity contribution is 0.198. The van der Waals surface area contributed by atoms with Crippen LogP contribution in [0.1, 0.15) is 55.4 Å². The minimum Gasteiger partial charge on any atom is -0.315 e. The molecule has 0 saturated carbocycles. The Bertz CT molecular complexity index is 906. The third-order valence-electron chi connectivity index (χ3n) is 6.04. The summed E-state index contributed by atoms with van der Waals surface area (Å²) in [4.78, 5) is 2.48. The van der Waals surface area contributed by atoms with Crippen molar-refractivity contribution in [3.63, 3.8) is 0 Å². The molecule has 2 aromatic heterocycles. The standard InChI is InChI=1S/C21H27N7/c1-3-7-19(8-4-1)28-16-18(22-25-28)15-26-13-10-17(11-14-26)21-24-23-20-9-5-2-6-12-27(20)21/h1,3-4,7-8,16-17H,2,5-6,9-15H2. The summed E-state index contributed by atoms with van der Waals surface area (Å²) >= 11 is 0. The van der Waals surface area contributed by atoms with Crippen molar-refractivity contribution in [2.24, 2.45) is 0 Å². The number of fused-ring (bicyclic) bond motifs is 1. The Labute approximate surface area is 165 Å². The first-order valence-electron chi connectivity index (χ1n) is 10.5. The van der Waals surface area contributed by atoms with E-state index < -0.39 is 0 Å². The van der Waals surface area contributed by atoms with E-state index >= 15 is 0 Å². The molecule has 0 unspecified atom stereocenters. The SMILES string of the molecule is c1ccc(-n2cc(CN3CCC(c4nnc5n4CCCCC5)CC3)nn2)cc1. The maximum atomic E-state index is 4.58. The van der Waals surface area contributed by atoms with E-state index in [1.165, 1.54) is 30.9 Å². The summed E-state index contributed by atoms with van der Waals surface area (Å²) in [6.07, 6.45) is 9.23. The van der Waals surface area contributed by atoms with Gasteiger partial charge in [0.15, 0.2) is 0 Å². The molecular weight excluding hydrogens is 350 g/mol. The molecule has 146 valence electrons. The van der Waals surface area contributed by atoms with E-state index in [2.05, 4.69) is 30.0 Å². The Morgan fingerprint density at radius 3 is 2.61 bits per heavy atom. The topological polar surface area (TPSA) is 64.7 Å². The van der Waals surface area contributed by atoms with Gasteiger partial charge in [-0.1, -0.05) is 29.8 Å². The number of para-hydroxylation sites is 1. The fourth-order valence-corrected chi connectivity index (χ4v) is 4.47. The summed E-state index contributed by atoms with van der Waals surface area (Å²) in [6, 6.07) is 10.1. The van der Waals surface area contributed by atoms with Crippen LogP contribution < -0.4 is 0 Å². The molecular formula is C21H27N7. The second-order valence-corrected chi connectivity index (χ2v) is 7.98. The second-order valence-electron chi connectivity index (χ2n) is 7.98. The van der Waals surface area contributed by atoms with Crippen LogP contribution in [0.5, 0.6) is 0 Å². The minimum atomic E-state index is 0.538. The Hall–Kier alpha value is -2.54.